The Morgan fingerprint density at radius 3 is 3.00 bits per heavy atom. The van der Waals surface area contributed by atoms with Crippen LogP contribution in [0.1, 0.15) is 43.8 Å². The van der Waals surface area contributed by atoms with Crippen molar-refractivity contribution in [1.29, 1.82) is 0 Å². The van der Waals surface area contributed by atoms with Crippen molar-refractivity contribution >= 4 is 5.91 Å². The lowest BCUT2D eigenvalue weighted by Gasteiger charge is -2.11. The smallest absolute Gasteiger partial charge is 0.222 e. The van der Waals surface area contributed by atoms with Gasteiger partial charge in [0.1, 0.15) is 11.6 Å². The van der Waals surface area contributed by atoms with Gasteiger partial charge in [-0.15, -0.1) is 0 Å². The molecule has 108 valence electrons. The molecule has 2 rings (SSSR count). The molecule has 2 N–H and O–H groups in total. The molecule has 0 saturated carbocycles. The second kappa shape index (κ2) is 6.31. The van der Waals surface area contributed by atoms with Gasteiger partial charge in [-0.3, -0.25) is 9.89 Å². The summed E-state index contributed by atoms with van der Waals surface area (Å²) in [5, 5.41) is 9.70. The molecule has 2 aromatic rings. The van der Waals surface area contributed by atoms with Crippen molar-refractivity contribution in [3.63, 3.8) is 0 Å². The summed E-state index contributed by atoms with van der Waals surface area (Å²) in [4.78, 5) is 20.4. The van der Waals surface area contributed by atoms with Crippen LogP contribution < -0.4 is 5.32 Å². The zero-order chi connectivity index (χ0) is 14.5. The molecule has 0 radical (unpaired) electrons. The number of nitrogens with one attached hydrogen (secondary N) is 2. The average molecular weight is 276 g/mol. The Morgan fingerprint density at radius 1 is 1.55 bits per heavy atom. The molecule has 0 aromatic carbocycles. The van der Waals surface area contributed by atoms with E-state index in [4.69, 9.17) is 0 Å². The second-order valence-corrected chi connectivity index (χ2v) is 4.71. The van der Waals surface area contributed by atoms with Crippen molar-refractivity contribution in [2.24, 2.45) is 0 Å². The van der Waals surface area contributed by atoms with Crippen LogP contribution in [-0.2, 0) is 17.8 Å². The van der Waals surface area contributed by atoms with E-state index < -0.39 is 0 Å². The van der Waals surface area contributed by atoms with Crippen LogP contribution >= 0.6 is 0 Å². The van der Waals surface area contributed by atoms with E-state index >= 15 is 0 Å². The molecule has 1 atom stereocenters. The highest BCUT2D eigenvalue weighted by molar-refractivity contribution is 5.76. The molecule has 0 aliphatic heterocycles. The number of aromatic nitrogens is 5. The van der Waals surface area contributed by atoms with Crippen LogP contribution in [0.5, 0.6) is 0 Å². The Kier molecular flexibility index (Phi) is 4.49. The number of amides is 1. The summed E-state index contributed by atoms with van der Waals surface area (Å²) in [6, 6.07) is -0.194. The fourth-order valence-electron chi connectivity index (χ4n) is 2.01. The van der Waals surface area contributed by atoms with E-state index in [1.54, 1.807) is 6.20 Å². The van der Waals surface area contributed by atoms with E-state index in [-0.39, 0.29) is 11.9 Å². The molecule has 7 heteroatoms. The van der Waals surface area contributed by atoms with Crippen LogP contribution in [0, 0.1) is 6.92 Å². The molecule has 0 saturated heterocycles. The summed E-state index contributed by atoms with van der Waals surface area (Å²) in [7, 11) is 0. The maximum Gasteiger partial charge on any atom is 0.222 e. The number of hydrogen-bond donors (Lipinski definition) is 2. The number of carbonyl (C=O) groups is 1. The molecule has 2 heterocycles. The largest absolute Gasteiger partial charge is 0.346 e. The average Bonchev–Trinajstić information content (AvgIpc) is 3.04. The highest BCUT2D eigenvalue weighted by Crippen LogP contribution is 2.07. The normalized spacial score (nSPS) is 12.3. The third kappa shape index (κ3) is 3.43. The quantitative estimate of drug-likeness (QED) is 0.828. The van der Waals surface area contributed by atoms with Crippen LogP contribution in [0.4, 0.5) is 0 Å². The maximum absolute atomic E-state index is 11.9. The highest BCUT2D eigenvalue weighted by atomic mass is 16.1. The number of rotatable bonds is 6. The van der Waals surface area contributed by atoms with Crippen molar-refractivity contribution in [3.8, 4) is 0 Å². The molecule has 0 aliphatic rings. The van der Waals surface area contributed by atoms with Crippen molar-refractivity contribution in [2.45, 2.75) is 46.2 Å². The van der Waals surface area contributed by atoms with Crippen LogP contribution in [0.15, 0.2) is 12.4 Å². The number of imidazole rings is 1. The molecule has 0 fully saturated rings. The molecular formula is C13H20N6O. The summed E-state index contributed by atoms with van der Waals surface area (Å²) >= 11 is 0. The summed E-state index contributed by atoms with van der Waals surface area (Å²) in [6.45, 7) is 6.38. The van der Waals surface area contributed by atoms with Gasteiger partial charge in [-0.05, 0) is 13.8 Å². The van der Waals surface area contributed by atoms with Crippen molar-refractivity contribution in [3.05, 3.63) is 29.9 Å². The van der Waals surface area contributed by atoms with Crippen LogP contribution in [0.2, 0.25) is 0 Å². The van der Waals surface area contributed by atoms with Gasteiger partial charge in [-0.1, -0.05) is 6.92 Å². The van der Waals surface area contributed by atoms with Crippen molar-refractivity contribution in [2.75, 3.05) is 0 Å². The van der Waals surface area contributed by atoms with E-state index in [0.29, 0.717) is 18.8 Å². The van der Waals surface area contributed by atoms with Crippen LogP contribution in [-0.4, -0.2) is 30.6 Å². The Bertz CT molecular complexity index is 573. The van der Waals surface area contributed by atoms with Gasteiger partial charge in [0.25, 0.3) is 0 Å². The molecule has 0 spiro atoms. The third-order valence-electron chi connectivity index (χ3n) is 3.08. The van der Waals surface area contributed by atoms with Gasteiger partial charge >= 0.3 is 0 Å². The first-order chi connectivity index (χ1) is 9.60. The first-order valence-electron chi connectivity index (χ1n) is 6.78. The van der Waals surface area contributed by atoms with Crippen molar-refractivity contribution < 1.29 is 4.79 Å². The minimum absolute atomic E-state index is 0.0179. The summed E-state index contributed by atoms with van der Waals surface area (Å²) in [5.41, 5.74) is 0. The van der Waals surface area contributed by atoms with Gasteiger partial charge in [0, 0.05) is 31.8 Å². The van der Waals surface area contributed by atoms with Crippen LogP contribution in [0.3, 0.4) is 0 Å². The van der Waals surface area contributed by atoms with E-state index in [1.807, 2.05) is 31.5 Å². The predicted molar refractivity (Wildman–Crippen MR) is 73.9 cm³/mol. The second-order valence-electron chi connectivity index (χ2n) is 4.71. The minimum Gasteiger partial charge on any atom is -0.346 e. The van der Waals surface area contributed by atoms with Gasteiger partial charge < -0.3 is 9.88 Å². The molecule has 2 aromatic heterocycles. The van der Waals surface area contributed by atoms with Gasteiger partial charge in [-0.25, -0.2) is 9.97 Å². The number of aryl methyl sites for hydroxylation is 3. The van der Waals surface area contributed by atoms with Crippen LogP contribution in [0.25, 0.3) is 0 Å². The zero-order valence-corrected chi connectivity index (χ0v) is 12.1. The summed E-state index contributed by atoms with van der Waals surface area (Å²) in [5.74, 6) is 2.32. The van der Waals surface area contributed by atoms with Gasteiger partial charge in [0.05, 0.1) is 6.04 Å². The van der Waals surface area contributed by atoms with E-state index in [1.165, 1.54) is 0 Å². The number of carbonyl (C=O) groups excluding carboxylic acids is 1. The first-order valence-corrected chi connectivity index (χ1v) is 6.78. The fraction of sp³-hybridized carbons (Fsp3) is 0.538. The molecule has 1 unspecified atom stereocenters. The monoisotopic (exact) mass is 276 g/mol. The summed E-state index contributed by atoms with van der Waals surface area (Å²) < 4.78 is 2.00. The predicted octanol–water partition coefficient (Wildman–Crippen LogP) is 1.14. The molecule has 0 aliphatic carbocycles. The zero-order valence-electron chi connectivity index (χ0n) is 12.1. The lowest BCUT2D eigenvalue weighted by atomic mass is 10.3. The lowest BCUT2D eigenvalue weighted by molar-refractivity contribution is -0.122. The Labute approximate surface area is 117 Å². The topological polar surface area (TPSA) is 88.5 Å². The lowest BCUT2D eigenvalue weighted by Crippen LogP contribution is -2.28. The first kappa shape index (κ1) is 14.2. The standard InChI is InChI=1S/C13H20N6O/c1-4-11-14-6-8-19(11)7-5-12(20)15-9(2)13-16-10(3)17-18-13/h6,8-9H,4-5,7H2,1-3H3,(H,15,20)(H,16,17,18). The van der Waals surface area contributed by atoms with E-state index in [9.17, 15) is 4.79 Å². The third-order valence-corrected chi connectivity index (χ3v) is 3.08. The molecule has 7 nitrogen and oxygen atoms in total. The molecule has 20 heavy (non-hydrogen) atoms. The number of nitrogens with zero attached hydrogens (tertiary/aromatic N) is 4. The number of hydrogen-bond acceptors (Lipinski definition) is 4. The molecular weight excluding hydrogens is 256 g/mol. The van der Waals surface area contributed by atoms with E-state index in [0.717, 1.165) is 18.1 Å². The molecule has 0 bridgehead atoms. The highest BCUT2D eigenvalue weighted by Gasteiger charge is 2.13. The molecule has 1 amide bonds. The fourth-order valence-corrected chi connectivity index (χ4v) is 2.01. The van der Waals surface area contributed by atoms with Gasteiger partial charge in [0.2, 0.25) is 5.91 Å². The minimum atomic E-state index is -0.194. The summed E-state index contributed by atoms with van der Waals surface area (Å²) in [6.07, 6.45) is 4.93. The number of H-pyrrole nitrogens is 1. The SMILES string of the molecule is CCc1nccn1CCC(=O)NC(C)c1n[nH]c(C)n1. The Hall–Kier alpha value is -2.18. The Balaban J connectivity index is 1.83. The van der Waals surface area contributed by atoms with Gasteiger partial charge in [0.15, 0.2) is 5.82 Å². The Morgan fingerprint density at radius 2 is 2.35 bits per heavy atom. The maximum atomic E-state index is 11.9. The number of aromatic amines is 1. The van der Waals surface area contributed by atoms with Gasteiger partial charge in [-0.2, -0.15) is 5.10 Å². The van der Waals surface area contributed by atoms with Crippen molar-refractivity contribution in [1.82, 2.24) is 30.0 Å². The van der Waals surface area contributed by atoms with E-state index in [2.05, 4.69) is 25.5 Å².